The number of aryl methyl sites for hydroxylation is 3. The average molecular weight is 594 g/mol. The van der Waals surface area contributed by atoms with E-state index in [1.54, 1.807) is 12.1 Å². The van der Waals surface area contributed by atoms with Crippen molar-refractivity contribution in [3.05, 3.63) is 132 Å². The molecule has 7 rings (SSSR count). The first kappa shape index (κ1) is 28.7. The number of pyridine rings is 1. The smallest absolute Gasteiger partial charge is 0.124 e. The molecule has 0 radical (unpaired) electrons. The van der Waals surface area contributed by atoms with Crippen LogP contribution in [0.15, 0.2) is 109 Å². The lowest BCUT2D eigenvalue weighted by Gasteiger charge is -2.11. The molecule has 3 heterocycles. The van der Waals surface area contributed by atoms with Crippen molar-refractivity contribution in [2.75, 3.05) is 20.6 Å². The van der Waals surface area contributed by atoms with Crippen molar-refractivity contribution < 1.29 is 4.39 Å². The first-order chi connectivity index (χ1) is 22.0. The Morgan fingerprint density at radius 1 is 0.667 bits per heavy atom. The molecule has 0 spiro atoms. The molecule has 45 heavy (non-hydrogen) atoms. The maximum atomic E-state index is 14.8. The number of H-pyrrole nitrogens is 2. The molecule has 0 unspecified atom stereocenters. The van der Waals surface area contributed by atoms with Gasteiger partial charge in [0.2, 0.25) is 0 Å². The van der Waals surface area contributed by atoms with Crippen LogP contribution in [0.4, 0.5) is 4.39 Å². The lowest BCUT2D eigenvalue weighted by atomic mass is 9.97. The van der Waals surface area contributed by atoms with E-state index in [2.05, 4.69) is 113 Å². The van der Waals surface area contributed by atoms with Gasteiger partial charge in [-0.05, 0) is 122 Å². The topological polar surface area (TPSA) is 60.6 Å². The van der Waals surface area contributed by atoms with Crippen molar-refractivity contribution in [3.8, 4) is 33.6 Å². The van der Waals surface area contributed by atoms with Gasteiger partial charge in [-0.2, -0.15) is 5.10 Å². The van der Waals surface area contributed by atoms with Gasteiger partial charge in [0.25, 0.3) is 0 Å². The number of aromatic nitrogens is 4. The molecule has 0 atom stereocenters. The number of nitrogens with zero attached hydrogens (tertiary/aromatic N) is 3. The van der Waals surface area contributed by atoms with Crippen LogP contribution in [0.1, 0.15) is 23.1 Å². The quantitative estimate of drug-likeness (QED) is 0.167. The van der Waals surface area contributed by atoms with Crippen molar-refractivity contribution in [2.45, 2.75) is 25.7 Å². The van der Waals surface area contributed by atoms with Gasteiger partial charge in [-0.25, -0.2) is 4.39 Å². The van der Waals surface area contributed by atoms with Crippen molar-refractivity contribution in [2.24, 2.45) is 0 Å². The molecule has 0 aliphatic heterocycles. The van der Waals surface area contributed by atoms with Gasteiger partial charge in [0, 0.05) is 34.2 Å². The molecule has 0 bridgehead atoms. The Morgan fingerprint density at radius 3 is 2.38 bits per heavy atom. The van der Waals surface area contributed by atoms with Crippen molar-refractivity contribution >= 4 is 21.8 Å². The van der Waals surface area contributed by atoms with Gasteiger partial charge in [0.05, 0.1) is 11.2 Å². The minimum atomic E-state index is -0.204. The second kappa shape index (κ2) is 12.5. The van der Waals surface area contributed by atoms with Crippen LogP contribution >= 0.6 is 0 Å². The summed E-state index contributed by atoms with van der Waals surface area (Å²) in [7, 11) is 4.13. The van der Waals surface area contributed by atoms with Crippen LogP contribution in [-0.4, -0.2) is 45.7 Å². The Labute approximate surface area is 262 Å². The van der Waals surface area contributed by atoms with E-state index in [0.717, 1.165) is 93.2 Å². The van der Waals surface area contributed by atoms with Crippen LogP contribution in [0, 0.1) is 5.82 Å². The molecule has 0 aliphatic rings. The zero-order chi connectivity index (χ0) is 30.8. The van der Waals surface area contributed by atoms with Crippen LogP contribution in [0.5, 0.6) is 0 Å². The van der Waals surface area contributed by atoms with Crippen LogP contribution < -0.4 is 0 Å². The molecule has 2 N–H and O–H groups in total. The third-order valence-corrected chi connectivity index (χ3v) is 8.49. The molecule has 4 aromatic carbocycles. The molecule has 0 saturated carbocycles. The summed E-state index contributed by atoms with van der Waals surface area (Å²) >= 11 is 0. The summed E-state index contributed by atoms with van der Waals surface area (Å²) in [4.78, 5) is 10.3. The maximum Gasteiger partial charge on any atom is 0.124 e. The second-order valence-corrected chi connectivity index (χ2v) is 12.1. The highest BCUT2D eigenvalue weighted by atomic mass is 19.1. The molecular formula is C39H36FN5. The van der Waals surface area contributed by atoms with Crippen LogP contribution in [-0.2, 0) is 19.3 Å². The Bertz CT molecular complexity index is 2090. The zero-order valence-electron chi connectivity index (χ0n) is 25.6. The molecule has 5 nitrogen and oxygen atoms in total. The lowest BCUT2D eigenvalue weighted by molar-refractivity contribution is 0.400. The SMILES string of the molecule is CN(C)CCCc1cc(F)cc(-c2cccc3[nH]c(-c4n[nH]c5ccc(-c6cncc(CCc7ccccc7)c6)cc45)cc23)c1. The number of benzene rings is 4. The molecule has 7 aromatic rings. The summed E-state index contributed by atoms with van der Waals surface area (Å²) in [5.41, 5.74) is 11.3. The molecule has 3 aromatic heterocycles. The largest absolute Gasteiger partial charge is 0.353 e. The van der Waals surface area contributed by atoms with E-state index in [1.165, 1.54) is 11.1 Å². The summed E-state index contributed by atoms with van der Waals surface area (Å²) in [6.07, 6.45) is 7.62. The normalized spacial score (nSPS) is 11.6. The second-order valence-electron chi connectivity index (χ2n) is 12.1. The van der Waals surface area contributed by atoms with E-state index in [9.17, 15) is 4.39 Å². The fourth-order valence-corrected chi connectivity index (χ4v) is 6.20. The number of nitrogens with one attached hydrogen (secondary N) is 2. The number of fused-ring (bicyclic) bond motifs is 2. The van der Waals surface area contributed by atoms with Crippen molar-refractivity contribution in [1.82, 2.24) is 25.1 Å². The third kappa shape index (κ3) is 6.28. The monoisotopic (exact) mass is 593 g/mol. The van der Waals surface area contributed by atoms with Gasteiger partial charge in [0.15, 0.2) is 0 Å². The van der Waals surface area contributed by atoms with Crippen molar-refractivity contribution in [3.63, 3.8) is 0 Å². The summed E-state index contributed by atoms with van der Waals surface area (Å²) in [5.74, 6) is -0.204. The Balaban J connectivity index is 1.20. The molecule has 224 valence electrons. The minimum absolute atomic E-state index is 0.204. The van der Waals surface area contributed by atoms with Gasteiger partial charge < -0.3 is 9.88 Å². The minimum Gasteiger partial charge on any atom is -0.353 e. The van der Waals surface area contributed by atoms with Crippen LogP contribution in [0.2, 0.25) is 0 Å². The van der Waals surface area contributed by atoms with Gasteiger partial charge in [0.1, 0.15) is 11.5 Å². The molecule has 0 aliphatic carbocycles. The average Bonchev–Trinajstić information content (AvgIpc) is 3.68. The van der Waals surface area contributed by atoms with Gasteiger partial charge in [-0.15, -0.1) is 0 Å². The summed E-state index contributed by atoms with van der Waals surface area (Å²) in [5, 5.41) is 10.0. The molecule has 0 saturated heterocycles. The fourth-order valence-electron chi connectivity index (χ4n) is 6.20. The fraction of sp³-hybridized carbons (Fsp3) is 0.179. The number of rotatable bonds is 10. The summed E-state index contributed by atoms with van der Waals surface area (Å²) in [6, 6.07) is 32.9. The standard InChI is InChI=1S/C39H36FN5/c1-45(2)17-7-10-27-18-30(21-32(40)20-27)33-11-6-12-36-34(33)23-38(42-36)39-35-22-29(15-16-37(35)43-44-39)31-19-28(24-41-25-31)14-13-26-8-4-3-5-9-26/h3-6,8-9,11-12,15-16,18-25,42H,7,10,13-14,17H2,1-2H3,(H,43,44). The van der Waals surface area contributed by atoms with Gasteiger partial charge in [-0.3, -0.25) is 10.1 Å². The first-order valence-electron chi connectivity index (χ1n) is 15.5. The highest BCUT2D eigenvalue weighted by Crippen LogP contribution is 2.36. The maximum absolute atomic E-state index is 14.8. The van der Waals surface area contributed by atoms with Crippen LogP contribution in [0.25, 0.3) is 55.4 Å². The highest BCUT2D eigenvalue weighted by molar-refractivity contribution is 6.02. The zero-order valence-corrected chi connectivity index (χ0v) is 25.6. The number of aromatic amines is 2. The first-order valence-corrected chi connectivity index (χ1v) is 15.5. The van der Waals surface area contributed by atoms with E-state index in [0.29, 0.717) is 0 Å². The van der Waals surface area contributed by atoms with E-state index >= 15 is 0 Å². The lowest BCUT2D eigenvalue weighted by Crippen LogP contribution is -2.13. The van der Waals surface area contributed by atoms with E-state index in [4.69, 9.17) is 5.10 Å². The van der Waals surface area contributed by atoms with E-state index < -0.39 is 0 Å². The summed E-state index contributed by atoms with van der Waals surface area (Å²) in [6.45, 7) is 0.970. The molecular weight excluding hydrogens is 557 g/mol. The molecule has 6 heteroatoms. The predicted molar refractivity (Wildman–Crippen MR) is 183 cm³/mol. The third-order valence-electron chi connectivity index (χ3n) is 8.49. The molecule has 0 fully saturated rings. The number of hydrogen-bond donors (Lipinski definition) is 2. The molecule has 0 amide bonds. The van der Waals surface area contributed by atoms with Gasteiger partial charge >= 0.3 is 0 Å². The summed E-state index contributed by atoms with van der Waals surface area (Å²) < 4.78 is 14.8. The predicted octanol–water partition coefficient (Wildman–Crippen LogP) is 8.86. The van der Waals surface area contributed by atoms with Gasteiger partial charge in [-0.1, -0.05) is 54.6 Å². The Hall–Kier alpha value is -5.07. The highest BCUT2D eigenvalue weighted by Gasteiger charge is 2.15. The van der Waals surface area contributed by atoms with Crippen LogP contribution in [0.3, 0.4) is 0 Å². The van der Waals surface area contributed by atoms with E-state index in [1.807, 2.05) is 18.5 Å². The Morgan fingerprint density at radius 2 is 1.51 bits per heavy atom. The number of halogens is 1. The number of hydrogen-bond acceptors (Lipinski definition) is 3. The van der Waals surface area contributed by atoms with E-state index in [-0.39, 0.29) is 5.82 Å². The Kier molecular flexibility index (Phi) is 7.97. The van der Waals surface area contributed by atoms with Crippen molar-refractivity contribution in [1.29, 1.82) is 0 Å².